The topological polar surface area (TPSA) is 69.6 Å². The zero-order chi connectivity index (χ0) is 13.8. The van der Waals surface area contributed by atoms with E-state index in [1.54, 1.807) is 18.2 Å². The highest BCUT2D eigenvalue weighted by molar-refractivity contribution is 9.10. The number of hydrogen-bond donors (Lipinski definition) is 3. The third-order valence-electron chi connectivity index (χ3n) is 3.13. The number of nitrogens with one attached hydrogen (secondary N) is 1. The number of aliphatic hydroxyl groups excluding tert-OH is 1. The fourth-order valence-corrected chi connectivity index (χ4v) is 1.94. The van der Waals surface area contributed by atoms with Crippen molar-refractivity contribution >= 4 is 21.9 Å². The first-order valence-corrected chi connectivity index (χ1v) is 6.59. The van der Waals surface area contributed by atoms with E-state index in [4.69, 9.17) is 5.11 Å². The Morgan fingerprint density at radius 2 is 2.17 bits per heavy atom. The van der Waals surface area contributed by atoms with Crippen LogP contribution in [0.3, 0.4) is 0 Å². The monoisotopic (exact) mass is 315 g/mol. The van der Waals surface area contributed by atoms with Gasteiger partial charge in [0.15, 0.2) is 0 Å². The van der Waals surface area contributed by atoms with E-state index in [1.807, 2.05) is 13.8 Å². The standard InChI is InChI=1S/C13H18BrNO3/c1-3-13(2,8-16)15-7-10-5-4-9(12(17)18)6-11(10)14/h4-6,15-16H,3,7-8H2,1-2H3,(H,17,18). The predicted octanol–water partition coefficient (Wildman–Crippen LogP) is 2.40. The maximum Gasteiger partial charge on any atom is 0.335 e. The summed E-state index contributed by atoms with van der Waals surface area (Å²) in [7, 11) is 0. The highest BCUT2D eigenvalue weighted by atomic mass is 79.9. The minimum Gasteiger partial charge on any atom is -0.478 e. The molecule has 1 aromatic rings. The van der Waals surface area contributed by atoms with Gasteiger partial charge in [-0.3, -0.25) is 0 Å². The molecule has 0 saturated carbocycles. The molecule has 0 saturated heterocycles. The van der Waals surface area contributed by atoms with Crippen molar-refractivity contribution in [3.05, 3.63) is 33.8 Å². The summed E-state index contributed by atoms with van der Waals surface area (Å²) >= 11 is 3.36. The Labute approximate surface area is 115 Å². The van der Waals surface area contributed by atoms with E-state index in [9.17, 15) is 9.90 Å². The Morgan fingerprint density at radius 3 is 2.61 bits per heavy atom. The number of halogens is 1. The van der Waals surface area contributed by atoms with Crippen molar-refractivity contribution in [1.29, 1.82) is 0 Å². The second kappa shape index (κ2) is 6.31. The lowest BCUT2D eigenvalue weighted by molar-refractivity contribution is 0.0697. The van der Waals surface area contributed by atoms with E-state index in [1.165, 1.54) is 0 Å². The van der Waals surface area contributed by atoms with Crippen LogP contribution < -0.4 is 5.32 Å². The second-order valence-corrected chi connectivity index (χ2v) is 5.39. The molecule has 0 spiro atoms. The SMILES string of the molecule is CCC(C)(CO)NCc1ccc(C(=O)O)cc1Br. The molecule has 0 fully saturated rings. The van der Waals surface area contributed by atoms with Gasteiger partial charge in [0, 0.05) is 16.6 Å². The van der Waals surface area contributed by atoms with Crippen LogP contribution in [0.15, 0.2) is 22.7 Å². The van der Waals surface area contributed by atoms with Gasteiger partial charge in [-0.05, 0) is 31.0 Å². The van der Waals surface area contributed by atoms with Crippen molar-refractivity contribution in [3.8, 4) is 0 Å². The second-order valence-electron chi connectivity index (χ2n) is 4.54. The van der Waals surface area contributed by atoms with E-state index in [2.05, 4.69) is 21.2 Å². The number of benzene rings is 1. The van der Waals surface area contributed by atoms with Gasteiger partial charge >= 0.3 is 5.97 Å². The molecular formula is C13H18BrNO3. The summed E-state index contributed by atoms with van der Waals surface area (Å²) in [4.78, 5) is 10.8. The maximum atomic E-state index is 10.8. The highest BCUT2D eigenvalue weighted by Crippen LogP contribution is 2.20. The van der Waals surface area contributed by atoms with Crippen LogP contribution in [-0.2, 0) is 6.54 Å². The molecule has 3 N–H and O–H groups in total. The molecule has 1 unspecified atom stereocenters. The zero-order valence-corrected chi connectivity index (χ0v) is 12.1. The molecule has 0 aliphatic rings. The van der Waals surface area contributed by atoms with E-state index < -0.39 is 5.97 Å². The van der Waals surface area contributed by atoms with Gasteiger partial charge in [-0.25, -0.2) is 4.79 Å². The minimum absolute atomic E-state index is 0.0638. The van der Waals surface area contributed by atoms with Crippen LogP contribution in [0, 0.1) is 0 Å². The van der Waals surface area contributed by atoms with Gasteiger partial charge in [-0.15, -0.1) is 0 Å². The fourth-order valence-electron chi connectivity index (χ4n) is 1.43. The van der Waals surface area contributed by atoms with Gasteiger partial charge in [-0.1, -0.05) is 28.9 Å². The normalized spacial score (nSPS) is 14.2. The molecule has 0 amide bonds. The molecule has 4 nitrogen and oxygen atoms in total. The van der Waals surface area contributed by atoms with E-state index in [0.29, 0.717) is 6.54 Å². The van der Waals surface area contributed by atoms with Crippen LogP contribution in [0.2, 0.25) is 0 Å². The molecule has 18 heavy (non-hydrogen) atoms. The van der Waals surface area contributed by atoms with Crippen LogP contribution >= 0.6 is 15.9 Å². The summed E-state index contributed by atoms with van der Waals surface area (Å²) in [6, 6.07) is 4.93. The number of carbonyl (C=O) groups is 1. The average Bonchev–Trinajstić information content (AvgIpc) is 2.36. The van der Waals surface area contributed by atoms with Gasteiger partial charge in [0.25, 0.3) is 0 Å². The molecule has 0 radical (unpaired) electrons. The largest absolute Gasteiger partial charge is 0.478 e. The predicted molar refractivity (Wildman–Crippen MR) is 73.7 cm³/mol. The van der Waals surface area contributed by atoms with Crippen molar-refractivity contribution < 1.29 is 15.0 Å². The number of aromatic carboxylic acids is 1. The number of rotatable bonds is 6. The van der Waals surface area contributed by atoms with Crippen molar-refractivity contribution in [2.24, 2.45) is 0 Å². The lowest BCUT2D eigenvalue weighted by Crippen LogP contribution is -2.44. The van der Waals surface area contributed by atoms with Crippen LogP contribution in [0.25, 0.3) is 0 Å². The first kappa shape index (κ1) is 15.1. The quantitative estimate of drug-likeness (QED) is 0.754. The summed E-state index contributed by atoms with van der Waals surface area (Å²) in [6.07, 6.45) is 0.814. The smallest absolute Gasteiger partial charge is 0.335 e. The number of carboxylic acids is 1. The van der Waals surface area contributed by atoms with Crippen LogP contribution in [0.4, 0.5) is 0 Å². The number of carboxylic acid groups (broad SMARTS) is 1. The lowest BCUT2D eigenvalue weighted by atomic mass is 9.99. The van der Waals surface area contributed by atoms with Gasteiger partial charge in [0.2, 0.25) is 0 Å². The lowest BCUT2D eigenvalue weighted by Gasteiger charge is -2.27. The number of hydrogen-bond acceptors (Lipinski definition) is 3. The van der Waals surface area contributed by atoms with Crippen molar-refractivity contribution in [3.63, 3.8) is 0 Å². The first-order valence-electron chi connectivity index (χ1n) is 5.79. The summed E-state index contributed by atoms with van der Waals surface area (Å²) in [5, 5.41) is 21.4. The summed E-state index contributed by atoms with van der Waals surface area (Å²) in [6.45, 7) is 4.60. The molecule has 1 aromatic carbocycles. The minimum atomic E-state index is -0.941. The molecule has 0 aliphatic heterocycles. The van der Waals surface area contributed by atoms with Crippen LogP contribution in [0.5, 0.6) is 0 Å². The Balaban J connectivity index is 2.77. The van der Waals surface area contributed by atoms with Crippen LogP contribution in [0.1, 0.15) is 36.2 Å². The van der Waals surface area contributed by atoms with E-state index in [0.717, 1.165) is 16.5 Å². The average molecular weight is 316 g/mol. The molecule has 0 heterocycles. The molecule has 0 bridgehead atoms. The third-order valence-corrected chi connectivity index (χ3v) is 3.87. The summed E-state index contributed by atoms with van der Waals surface area (Å²) in [5.41, 5.74) is 0.907. The van der Waals surface area contributed by atoms with Crippen molar-refractivity contribution in [2.75, 3.05) is 6.61 Å². The fraction of sp³-hybridized carbons (Fsp3) is 0.462. The molecular weight excluding hydrogens is 298 g/mol. The summed E-state index contributed by atoms with van der Waals surface area (Å²) in [5.74, 6) is -0.941. The van der Waals surface area contributed by atoms with E-state index in [-0.39, 0.29) is 17.7 Å². The van der Waals surface area contributed by atoms with Gasteiger partial charge in [-0.2, -0.15) is 0 Å². The zero-order valence-electron chi connectivity index (χ0n) is 10.5. The summed E-state index contributed by atoms with van der Waals surface area (Å²) < 4.78 is 0.756. The molecule has 5 heteroatoms. The van der Waals surface area contributed by atoms with Gasteiger partial charge < -0.3 is 15.5 Å². The molecule has 100 valence electrons. The Kier molecular flexibility index (Phi) is 5.31. The number of aliphatic hydroxyl groups is 1. The third kappa shape index (κ3) is 3.80. The molecule has 0 aliphatic carbocycles. The molecule has 0 aromatic heterocycles. The Bertz CT molecular complexity index is 430. The van der Waals surface area contributed by atoms with Crippen LogP contribution in [-0.4, -0.2) is 28.3 Å². The van der Waals surface area contributed by atoms with Crippen molar-refractivity contribution in [1.82, 2.24) is 5.32 Å². The molecule has 1 atom stereocenters. The molecule has 1 rings (SSSR count). The van der Waals surface area contributed by atoms with Gasteiger partial charge in [0.05, 0.1) is 12.2 Å². The Hall–Kier alpha value is -0.910. The Morgan fingerprint density at radius 1 is 1.50 bits per heavy atom. The highest BCUT2D eigenvalue weighted by Gasteiger charge is 2.20. The maximum absolute atomic E-state index is 10.8. The first-order chi connectivity index (χ1) is 8.41. The van der Waals surface area contributed by atoms with E-state index >= 15 is 0 Å². The van der Waals surface area contributed by atoms with Gasteiger partial charge in [0.1, 0.15) is 0 Å². The van der Waals surface area contributed by atoms with Crippen molar-refractivity contribution in [2.45, 2.75) is 32.4 Å².